The number of nitrogens with zero attached hydrogens (tertiary/aromatic N) is 2. The van der Waals surface area contributed by atoms with Crippen LogP contribution in [0.1, 0.15) is 22.8 Å². The van der Waals surface area contributed by atoms with Crippen molar-refractivity contribution in [3.05, 3.63) is 106 Å². The maximum Gasteiger partial charge on any atom is 0.248 e. The molecule has 3 aromatic rings. The Morgan fingerprint density at radius 1 is 0.861 bits per heavy atom. The van der Waals surface area contributed by atoms with Gasteiger partial charge in [-0.2, -0.15) is 0 Å². The van der Waals surface area contributed by atoms with E-state index >= 15 is 0 Å². The first-order valence-electron chi connectivity index (χ1n) is 11.9. The van der Waals surface area contributed by atoms with Crippen molar-refractivity contribution in [2.45, 2.75) is 19.3 Å². The summed E-state index contributed by atoms with van der Waals surface area (Å²) in [5.74, 6) is -1.30. The molecule has 0 bridgehead atoms. The Labute approximate surface area is 215 Å². The van der Waals surface area contributed by atoms with Gasteiger partial charge in [-0.1, -0.05) is 60.1 Å². The number of hydrogen-bond acceptors (Lipinski definition) is 4. The lowest BCUT2D eigenvalue weighted by atomic mass is 10.1. The largest absolute Gasteiger partial charge is 0.367 e. The average molecular weight is 515 g/mol. The van der Waals surface area contributed by atoms with Gasteiger partial charge in [0, 0.05) is 43.3 Å². The lowest BCUT2D eigenvalue weighted by molar-refractivity contribution is -0.138. The van der Waals surface area contributed by atoms with Crippen LogP contribution in [0.15, 0.2) is 72.8 Å². The van der Waals surface area contributed by atoms with E-state index in [2.05, 4.69) is 4.90 Å². The van der Waals surface area contributed by atoms with Gasteiger partial charge in [0.1, 0.15) is 18.2 Å². The molecule has 0 unspecified atom stereocenters. The zero-order chi connectivity index (χ0) is 25.3. The molecule has 0 N–H and O–H groups in total. The van der Waals surface area contributed by atoms with E-state index in [9.17, 15) is 13.6 Å². The van der Waals surface area contributed by atoms with Gasteiger partial charge in [-0.25, -0.2) is 8.78 Å². The fourth-order valence-electron chi connectivity index (χ4n) is 4.12. The molecule has 190 valence electrons. The lowest BCUT2D eigenvalue weighted by Gasteiger charge is -2.36. The molecular formula is C28H29ClF2N2O3. The van der Waals surface area contributed by atoms with E-state index in [1.807, 2.05) is 42.5 Å². The third kappa shape index (κ3) is 7.34. The number of carbonyl (C=O) groups excluding carboxylic acids is 1. The molecule has 0 spiro atoms. The molecule has 1 aliphatic heterocycles. The molecule has 0 radical (unpaired) electrons. The molecule has 0 saturated carbocycles. The van der Waals surface area contributed by atoms with Gasteiger partial charge in [0.2, 0.25) is 5.91 Å². The highest BCUT2D eigenvalue weighted by molar-refractivity contribution is 6.30. The second kappa shape index (κ2) is 12.9. The number of piperazine rings is 1. The highest BCUT2D eigenvalue weighted by Crippen LogP contribution is 2.24. The van der Waals surface area contributed by atoms with Crippen molar-refractivity contribution in [3.63, 3.8) is 0 Å². The predicted octanol–water partition coefficient (Wildman–Crippen LogP) is 5.24. The van der Waals surface area contributed by atoms with Crippen LogP contribution in [0, 0.1) is 11.6 Å². The third-order valence-electron chi connectivity index (χ3n) is 6.22. The Balaban J connectivity index is 1.30. The van der Waals surface area contributed by atoms with Gasteiger partial charge >= 0.3 is 0 Å². The highest BCUT2D eigenvalue weighted by atomic mass is 35.5. The minimum absolute atomic E-state index is 0.0360. The molecule has 8 heteroatoms. The Bertz CT molecular complexity index is 1100. The number of halogens is 3. The van der Waals surface area contributed by atoms with Gasteiger partial charge in [0.15, 0.2) is 0 Å². The van der Waals surface area contributed by atoms with E-state index in [4.69, 9.17) is 21.1 Å². The van der Waals surface area contributed by atoms with Crippen molar-refractivity contribution in [1.82, 2.24) is 9.80 Å². The molecule has 1 atom stereocenters. The average Bonchev–Trinajstić information content (AvgIpc) is 2.89. The normalized spacial score (nSPS) is 15.1. The zero-order valence-electron chi connectivity index (χ0n) is 19.9. The van der Waals surface area contributed by atoms with Crippen LogP contribution in [0.4, 0.5) is 8.78 Å². The van der Waals surface area contributed by atoms with Crippen LogP contribution in [0.5, 0.6) is 0 Å². The summed E-state index contributed by atoms with van der Waals surface area (Å²) in [6, 6.07) is 20.8. The quantitative estimate of drug-likeness (QED) is 0.371. The first kappa shape index (κ1) is 26.2. The van der Waals surface area contributed by atoms with Crippen LogP contribution in [-0.4, -0.2) is 55.0 Å². The van der Waals surface area contributed by atoms with E-state index < -0.39 is 17.7 Å². The third-order valence-corrected chi connectivity index (χ3v) is 6.47. The van der Waals surface area contributed by atoms with Crippen molar-refractivity contribution >= 4 is 17.5 Å². The molecular weight excluding hydrogens is 486 g/mol. The monoisotopic (exact) mass is 514 g/mol. The van der Waals surface area contributed by atoms with E-state index in [0.717, 1.165) is 11.1 Å². The summed E-state index contributed by atoms with van der Waals surface area (Å²) in [5, 5.41) is 0.597. The summed E-state index contributed by atoms with van der Waals surface area (Å²) in [4.78, 5) is 16.6. The van der Waals surface area contributed by atoms with Gasteiger partial charge in [0.05, 0.1) is 19.3 Å². The molecule has 1 fully saturated rings. The van der Waals surface area contributed by atoms with Crippen molar-refractivity contribution in [2.24, 2.45) is 0 Å². The first-order valence-corrected chi connectivity index (χ1v) is 12.3. The maximum absolute atomic E-state index is 14.1. The topological polar surface area (TPSA) is 42.0 Å². The number of ether oxygens (including phenoxy) is 2. The zero-order valence-corrected chi connectivity index (χ0v) is 20.7. The van der Waals surface area contributed by atoms with Gasteiger partial charge in [-0.3, -0.25) is 9.69 Å². The smallest absolute Gasteiger partial charge is 0.248 e. The van der Waals surface area contributed by atoms with Crippen LogP contribution in [0.2, 0.25) is 5.02 Å². The van der Waals surface area contributed by atoms with Crippen molar-refractivity contribution < 1.29 is 23.0 Å². The minimum Gasteiger partial charge on any atom is -0.367 e. The molecule has 3 aromatic carbocycles. The van der Waals surface area contributed by atoms with Crippen LogP contribution in [-0.2, 0) is 27.5 Å². The second-order valence-electron chi connectivity index (χ2n) is 8.71. The van der Waals surface area contributed by atoms with Crippen LogP contribution in [0.25, 0.3) is 0 Å². The van der Waals surface area contributed by atoms with E-state index in [1.54, 1.807) is 17.0 Å². The fourth-order valence-corrected chi connectivity index (χ4v) is 4.25. The molecule has 1 heterocycles. The van der Waals surface area contributed by atoms with Crippen LogP contribution < -0.4 is 0 Å². The summed E-state index contributed by atoms with van der Waals surface area (Å²) in [6.45, 7) is 3.23. The van der Waals surface area contributed by atoms with E-state index in [0.29, 0.717) is 44.4 Å². The Morgan fingerprint density at radius 2 is 1.53 bits per heavy atom. The predicted molar refractivity (Wildman–Crippen MR) is 134 cm³/mol. The fraction of sp³-hybridized carbons (Fsp3) is 0.321. The second-order valence-corrected chi connectivity index (χ2v) is 9.15. The molecule has 1 amide bonds. The van der Waals surface area contributed by atoms with Gasteiger partial charge in [-0.15, -0.1) is 0 Å². The summed E-state index contributed by atoms with van der Waals surface area (Å²) < 4.78 is 39.9. The number of carbonyl (C=O) groups is 1. The standard InChI is InChI=1S/C28H29ClF2N2O3/c29-23-11-9-22(10-12-23)27(36-19-24-25(30)7-4-8-26(24)31)17-32-13-15-33(16-14-32)28(34)20-35-18-21-5-2-1-3-6-21/h1-12,27H,13-20H2/t27-/m1/s1. The summed E-state index contributed by atoms with van der Waals surface area (Å²) >= 11 is 6.04. The van der Waals surface area contributed by atoms with Gasteiger partial charge < -0.3 is 14.4 Å². The summed E-state index contributed by atoms with van der Waals surface area (Å²) in [7, 11) is 0. The maximum atomic E-state index is 14.1. The van der Waals surface area contributed by atoms with Gasteiger partial charge in [0.25, 0.3) is 0 Å². The number of amides is 1. The number of rotatable bonds is 10. The molecule has 1 aliphatic rings. The molecule has 0 aliphatic carbocycles. The van der Waals surface area contributed by atoms with Crippen molar-refractivity contribution in [2.75, 3.05) is 39.3 Å². The Kier molecular flexibility index (Phi) is 9.41. The first-order chi connectivity index (χ1) is 17.5. The minimum atomic E-state index is -0.633. The van der Waals surface area contributed by atoms with E-state index in [1.165, 1.54) is 18.2 Å². The van der Waals surface area contributed by atoms with Crippen LogP contribution >= 0.6 is 11.6 Å². The van der Waals surface area contributed by atoms with Crippen molar-refractivity contribution in [1.29, 1.82) is 0 Å². The van der Waals surface area contributed by atoms with E-state index in [-0.39, 0.29) is 24.7 Å². The Morgan fingerprint density at radius 3 is 2.19 bits per heavy atom. The number of benzene rings is 3. The molecule has 5 nitrogen and oxygen atoms in total. The van der Waals surface area contributed by atoms with Crippen molar-refractivity contribution in [3.8, 4) is 0 Å². The van der Waals surface area contributed by atoms with Gasteiger partial charge in [-0.05, 0) is 35.4 Å². The lowest BCUT2D eigenvalue weighted by Crippen LogP contribution is -2.50. The molecule has 36 heavy (non-hydrogen) atoms. The molecule has 4 rings (SSSR count). The molecule has 1 saturated heterocycles. The summed E-state index contributed by atoms with van der Waals surface area (Å²) in [5.41, 5.74) is 1.80. The number of hydrogen-bond donors (Lipinski definition) is 0. The SMILES string of the molecule is O=C(COCc1ccccc1)N1CCN(C[C@@H](OCc2c(F)cccc2F)c2ccc(Cl)cc2)CC1. The highest BCUT2D eigenvalue weighted by Gasteiger charge is 2.25. The summed E-state index contributed by atoms with van der Waals surface area (Å²) in [6.07, 6.45) is -0.419. The molecule has 0 aromatic heterocycles. The Hall–Kier alpha value is -2.84. The van der Waals surface area contributed by atoms with Crippen LogP contribution in [0.3, 0.4) is 0 Å².